The predicted octanol–water partition coefficient (Wildman–Crippen LogP) is 3.54. The van der Waals surface area contributed by atoms with E-state index < -0.39 is 0 Å². The number of nitrogens with one attached hydrogen (secondary N) is 1. The van der Waals surface area contributed by atoms with Gasteiger partial charge in [0.25, 0.3) is 0 Å². The molecular weight excluding hydrogens is 260 g/mol. The minimum absolute atomic E-state index is 0.0632. The van der Waals surface area contributed by atoms with Crippen LogP contribution in [-0.2, 0) is 4.79 Å². The van der Waals surface area contributed by atoms with E-state index in [1.165, 1.54) is 44.9 Å². The molecule has 120 valence electrons. The van der Waals surface area contributed by atoms with Gasteiger partial charge in [0.2, 0.25) is 5.91 Å². The van der Waals surface area contributed by atoms with Crippen molar-refractivity contribution in [3.05, 3.63) is 0 Å². The zero-order chi connectivity index (χ0) is 15.0. The van der Waals surface area contributed by atoms with Gasteiger partial charge in [-0.25, -0.2) is 0 Å². The summed E-state index contributed by atoms with van der Waals surface area (Å²) in [4.78, 5) is 15.2. The van der Waals surface area contributed by atoms with Gasteiger partial charge in [-0.05, 0) is 49.4 Å². The van der Waals surface area contributed by atoms with Crippen LogP contribution in [-0.4, -0.2) is 29.6 Å². The molecule has 0 aromatic rings. The van der Waals surface area contributed by atoms with E-state index in [1.54, 1.807) is 0 Å². The normalized spacial score (nSPS) is 33.7. The van der Waals surface area contributed by atoms with Gasteiger partial charge < -0.3 is 4.90 Å². The van der Waals surface area contributed by atoms with Crippen molar-refractivity contribution < 1.29 is 4.79 Å². The van der Waals surface area contributed by atoms with Crippen LogP contribution in [0.5, 0.6) is 0 Å². The van der Waals surface area contributed by atoms with Gasteiger partial charge in [-0.2, -0.15) is 0 Å². The molecule has 2 saturated carbocycles. The van der Waals surface area contributed by atoms with Crippen molar-refractivity contribution in [3.8, 4) is 0 Å². The lowest BCUT2D eigenvalue weighted by Crippen LogP contribution is -2.45. The number of nitrogens with zero attached hydrogens (tertiary/aromatic N) is 1. The van der Waals surface area contributed by atoms with Crippen molar-refractivity contribution in [2.24, 2.45) is 17.3 Å². The summed E-state index contributed by atoms with van der Waals surface area (Å²) in [5.41, 5.74) is 0.457. The summed E-state index contributed by atoms with van der Waals surface area (Å²) in [6.45, 7) is 7.71. The smallest absolute Gasteiger partial charge is 0.241 e. The van der Waals surface area contributed by atoms with Crippen molar-refractivity contribution in [2.45, 2.75) is 84.3 Å². The van der Waals surface area contributed by atoms with Gasteiger partial charge in [0.05, 0.1) is 12.2 Å². The Labute approximate surface area is 129 Å². The van der Waals surface area contributed by atoms with Crippen LogP contribution in [0.15, 0.2) is 0 Å². The van der Waals surface area contributed by atoms with Crippen LogP contribution < -0.4 is 5.32 Å². The van der Waals surface area contributed by atoms with Crippen LogP contribution in [0.3, 0.4) is 0 Å². The molecule has 1 saturated heterocycles. The average molecular weight is 292 g/mol. The highest BCUT2D eigenvalue weighted by Gasteiger charge is 2.50. The molecule has 3 aliphatic rings. The van der Waals surface area contributed by atoms with Crippen LogP contribution in [0.25, 0.3) is 0 Å². The largest absolute Gasteiger partial charge is 0.325 e. The second kappa shape index (κ2) is 5.91. The molecule has 3 heteroatoms. The van der Waals surface area contributed by atoms with E-state index in [1.807, 2.05) is 0 Å². The molecule has 0 radical (unpaired) electrons. The Balaban J connectivity index is 1.76. The lowest BCUT2D eigenvalue weighted by atomic mass is 9.98. The van der Waals surface area contributed by atoms with Crippen LogP contribution in [0.1, 0.15) is 72.1 Å². The maximum Gasteiger partial charge on any atom is 0.241 e. The molecule has 0 spiro atoms. The molecule has 2 aliphatic carbocycles. The Morgan fingerprint density at radius 1 is 1.29 bits per heavy atom. The number of carbonyl (C=O) groups is 1. The molecule has 3 atom stereocenters. The number of carbonyl (C=O) groups excluding carboxylic acids is 1. The van der Waals surface area contributed by atoms with E-state index in [-0.39, 0.29) is 6.04 Å². The first kappa shape index (κ1) is 15.3. The first-order valence-corrected chi connectivity index (χ1v) is 9.17. The van der Waals surface area contributed by atoms with Gasteiger partial charge in [0.15, 0.2) is 0 Å². The van der Waals surface area contributed by atoms with E-state index in [0.29, 0.717) is 29.3 Å². The Kier molecular flexibility index (Phi) is 4.31. The summed E-state index contributed by atoms with van der Waals surface area (Å²) < 4.78 is 0. The first-order valence-electron chi connectivity index (χ1n) is 9.17. The lowest BCUT2D eigenvalue weighted by Gasteiger charge is -2.32. The molecule has 3 nitrogen and oxygen atoms in total. The molecule has 0 aromatic heterocycles. The van der Waals surface area contributed by atoms with Gasteiger partial charge in [0.1, 0.15) is 0 Å². The van der Waals surface area contributed by atoms with Crippen LogP contribution in [0, 0.1) is 17.3 Å². The minimum Gasteiger partial charge on any atom is -0.325 e. The van der Waals surface area contributed by atoms with Crippen molar-refractivity contribution in [3.63, 3.8) is 0 Å². The lowest BCUT2D eigenvalue weighted by molar-refractivity contribution is -0.132. The Morgan fingerprint density at radius 3 is 2.48 bits per heavy atom. The van der Waals surface area contributed by atoms with E-state index in [2.05, 4.69) is 31.0 Å². The predicted molar refractivity (Wildman–Crippen MR) is 85.8 cm³/mol. The fraction of sp³-hybridized carbons (Fsp3) is 0.944. The highest BCUT2D eigenvalue weighted by Crippen LogP contribution is 2.50. The summed E-state index contributed by atoms with van der Waals surface area (Å²) in [7, 11) is 0. The van der Waals surface area contributed by atoms with Gasteiger partial charge in [0, 0.05) is 6.54 Å². The molecule has 0 bridgehead atoms. The summed E-state index contributed by atoms with van der Waals surface area (Å²) in [5.74, 6) is 1.53. The number of hydrogen-bond donors (Lipinski definition) is 1. The highest BCUT2D eigenvalue weighted by atomic mass is 16.2. The van der Waals surface area contributed by atoms with E-state index in [0.717, 1.165) is 13.0 Å². The summed E-state index contributed by atoms with van der Waals surface area (Å²) in [6.07, 6.45) is 10.5. The number of amides is 1. The second-order valence-corrected chi connectivity index (χ2v) is 7.84. The molecule has 0 aromatic carbocycles. The molecule has 1 aliphatic heterocycles. The van der Waals surface area contributed by atoms with Crippen molar-refractivity contribution in [2.75, 3.05) is 6.54 Å². The van der Waals surface area contributed by atoms with Crippen molar-refractivity contribution >= 4 is 5.91 Å². The second-order valence-electron chi connectivity index (χ2n) is 7.84. The van der Waals surface area contributed by atoms with Gasteiger partial charge in [-0.3, -0.25) is 10.1 Å². The van der Waals surface area contributed by atoms with E-state index in [4.69, 9.17) is 0 Å². The SMILES string of the molecule is CCC(C)C1NC(C2CCCC2)N(CC2(CC)CC2)C1=O. The van der Waals surface area contributed by atoms with Crippen molar-refractivity contribution in [1.82, 2.24) is 10.2 Å². The standard InChI is InChI=1S/C18H32N2O/c1-4-13(3)15-17(21)20(12-18(5-2)10-11-18)16(19-15)14-8-6-7-9-14/h13-16,19H,4-12H2,1-3H3. The quantitative estimate of drug-likeness (QED) is 0.812. The fourth-order valence-corrected chi connectivity index (χ4v) is 4.31. The zero-order valence-electron chi connectivity index (χ0n) is 14.0. The topological polar surface area (TPSA) is 32.3 Å². The summed E-state index contributed by atoms with van der Waals surface area (Å²) >= 11 is 0. The highest BCUT2D eigenvalue weighted by molar-refractivity contribution is 5.84. The third-order valence-electron chi connectivity index (χ3n) is 6.51. The maximum absolute atomic E-state index is 13.0. The Morgan fingerprint density at radius 2 is 1.95 bits per heavy atom. The molecular formula is C18H32N2O. The van der Waals surface area contributed by atoms with Crippen molar-refractivity contribution in [1.29, 1.82) is 0 Å². The Hall–Kier alpha value is -0.570. The van der Waals surface area contributed by atoms with Gasteiger partial charge in [-0.1, -0.05) is 40.0 Å². The number of rotatable bonds is 6. The Bertz CT molecular complexity index is 385. The third-order valence-corrected chi connectivity index (χ3v) is 6.51. The van der Waals surface area contributed by atoms with Crippen LogP contribution >= 0.6 is 0 Å². The molecule has 1 amide bonds. The molecule has 3 fully saturated rings. The third kappa shape index (κ3) is 2.86. The molecule has 3 unspecified atom stereocenters. The number of hydrogen-bond acceptors (Lipinski definition) is 2. The van der Waals surface area contributed by atoms with Crippen LogP contribution in [0.4, 0.5) is 0 Å². The molecule has 3 rings (SSSR count). The van der Waals surface area contributed by atoms with Gasteiger partial charge in [-0.15, -0.1) is 0 Å². The fourth-order valence-electron chi connectivity index (χ4n) is 4.31. The average Bonchev–Trinajstić information content (AvgIpc) is 2.92. The zero-order valence-corrected chi connectivity index (χ0v) is 14.0. The molecule has 21 heavy (non-hydrogen) atoms. The summed E-state index contributed by atoms with van der Waals surface area (Å²) in [6, 6.07) is 0.0632. The van der Waals surface area contributed by atoms with E-state index in [9.17, 15) is 4.79 Å². The summed E-state index contributed by atoms with van der Waals surface area (Å²) in [5, 5.41) is 3.73. The maximum atomic E-state index is 13.0. The van der Waals surface area contributed by atoms with E-state index >= 15 is 0 Å². The minimum atomic E-state index is 0.0632. The van der Waals surface area contributed by atoms with Crippen LogP contribution in [0.2, 0.25) is 0 Å². The monoisotopic (exact) mass is 292 g/mol. The molecule has 1 N–H and O–H groups in total. The van der Waals surface area contributed by atoms with Gasteiger partial charge >= 0.3 is 0 Å². The first-order chi connectivity index (χ1) is 10.1. The molecule has 1 heterocycles.